The molecular formula is C29H20N2O2. The summed E-state index contributed by atoms with van der Waals surface area (Å²) >= 11 is 0. The number of oxazole rings is 1. The lowest BCUT2D eigenvalue weighted by Crippen LogP contribution is -1.88. The monoisotopic (exact) mass is 428 g/mol. The van der Waals surface area contributed by atoms with Crippen LogP contribution in [0.1, 0.15) is 5.56 Å². The van der Waals surface area contributed by atoms with Crippen LogP contribution >= 0.6 is 0 Å². The van der Waals surface area contributed by atoms with Gasteiger partial charge in [-0.1, -0.05) is 60.7 Å². The number of hydrogen-bond acceptors (Lipinski definition) is 4. The van der Waals surface area contributed by atoms with E-state index in [9.17, 15) is 5.11 Å². The highest BCUT2D eigenvalue weighted by atomic mass is 16.3. The van der Waals surface area contributed by atoms with Crippen molar-refractivity contribution in [3.05, 3.63) is 103 Å². The minimum Gasteiger partial charge on any atom is -0.507 e. The van der Waals surface area contributed by atoms with Gasteiger partial charge in [0.15, 0.2) is 5.58 Å². The first kappa shape index (κ1) is 19.3. The van der Waals surface area contributed by atoms with Gasteiger partial charge in [-0.3, -0.25) is 4.98 Å². The maximum absolute atomic E-state index is 10.2. The van der Waals surface area contributed by atoms with Crippen LogP contribution < -0.4 is 0 Å². The fraction of sp³-hybridized carbons (Fsp3) is 0.0345. The molecule has 158 valence electrons. The number of fused-ring (bicyclic) bond motifs is 2. The topological polar surface area (TPSA) is 59.2 Å². The Morgan fingerprint density at radius 3 is 2.30 bits per heavy atom. The van der Waals surface area contributed by atoms with Crippen molar-refractivity contribution in [3.8, 4) is 39.5 Å². The lowest BCUT2D eigenvalue weighted by molar-refractivity contribution is 0.474. The number of pyridine rings is 1. The number of aromatic hydroxyl groups is 1. The molecule has 0 spiro atoms. The molecule has 4 aromatic carbocycles. The minimum absolute atomic E-state index is 0.145. The standard InChI is InChI=1S/C29H20N2O2/c1-18-14-15-23(27-21(18)11-6-16-30-27)20-8-4-7-19(17-20)22-10-5-13-26-28(22)31-29(33-26)24-9-2-3-12-25(24)32/h2-17,32H,1H3. The fourth-order valence-corrected chi connectivity index (χ4v) is 4.35. The molecule has 0 aliphatic heterocycles. The predicted molar refractivity (Wildman–Crippen MR) is 132 cm³/mol. The van der Waals surface area contributed by atoms with E-state index in [1.54, 1.807) is 18.2 Å². The van der Waals surface area contributed by atoms with E-state index in [0.717, 1.165) is 38.7 Å². The van der Waals surface area contributed by atoms with Crippen LogP contribution in [0.5, 0.6) is 5.75 Å². The van der Waals surface area contributed by atoms with Crippen LogP contribution in [0.3, 0.4) is 0 Å². The molecule has 0 saturated heterocycles. The van der Waals surface area contributed by atoms with Crippen molar-refractivity contribution in [2.45, 2.75) is 6.92 Å². The highest BCUT2D eigenvalue weighted by Gasteiger charge is 2.16. The number of aromatic nitrogens is 2. The Hall–Kier alpha value is -4.44. The number of benzene rings is 4. The summed E-state index contributed by atoms with van der Waals surface area (Å²) in [5, 5.41) is 11.4. The smallest absolute Gasteiger partial charge is 0.231 e. The van der Waals surface area contributed by atoms with E-state index in [-0.39, 0.29) is 5.75 Å². The second kappa shape index (κ2) is 7.61. The van der Waals surface area contributed by atoms with E-state index in [4.69, 9.17) is 9.40 Å². The van der Waals surface area contributed by atoms with E-state index >= 15 is 0 Å². The Balaban J connectivity index is 1.51. The quantitative estimate of drug-likeness (QED) is 0.319. The number of hydrogen-bond donors (Lipinski definition) is 1. The van der Waals surface area contributed by atoms with E-state index in [2.05, 4.69) is 54.4 Å². The summed E-state index contributed by atoms with van der Waals surface area (Å²) in [5.74, 6) is 0.548. The SMILES string of the molecule is Cc1ccc(-c2cccc(-c3cccc4oc(-c5ccccc5O)nc34)c2)c2ncccc12. The van der Waals surface area contributed by atoms with Gasteiger partial charge in [0, 0.05) is 22.7 Å². The van der Waals surface area contributed by atoms with Crippen LogP contribution in [-0.4, -0.2) is 15.1 Å². The third-order valence-corrected chi connectivity index (χ3v) is 6.03. The van der Waals surface area contributed by atoms with Crippen molar-refractivity contribution in [2.24, 2.45) is 0 Å². The molecule has 4 heteroatoms. The van der Waals surface area contributed by atoms with Gasteiger partial charge in [0.2, 0.25) is 5.89 Å². The molecule has 0 unspecified atom stereocenters. The normalized spacial score (nSPS) is 11.3. The molecule has 0 fully saturated rings. The van der Waals surface area contributed by atoms with Crippen molar-refractivity contribution in [1.29, 1.82) is 0 Å². The second-order valence-electron chi connectivity index (χ2n) is 8.10. The summed E-state index contributed by atoms with van der Waals surface area (Å²) in [7, 11) is 0. The van der Waals surface area contributed by atoms with Crippen LogP contribution in [0.25, 0.3) is 55.7 Å². The molecule has 0 saturated carbocycles. The zero-order valence-corrected chi connectivity index (χ0v) is 18.0. The first-order chi connectivity index (χ1) is 16.2. The second-order valence-corrected chi connectivity index (χ2v) is 8.10. The molecule has 1 N–H and O–H groups in total. The number of nitrogens with zero attached hydrogens (tertiary/aromatic N) is 2. The molecule has 6 aromatic rings. The Bertz CT molecular complexity index is 1650. The summed E-state index contributed by atoms with van der Waals surface area (Å²) < 4.78 is 6.00. The lowest BCUT2D eigenvalue weighted by Gasteiger charge is -2.10. The van der Waals surface area contributed by atoms with Crippen LogP contribution in [-0.2, 0) is 0 Å². The molecule has 0 radical (unpaired) electrons. The first-order valence-electron chi connectivity index (χ1n) is 10.8. The highest BCUT2D eigenvalue weighted by Crippen LogP contribution is 2.37. The molecule has 6 rings (SSSR count). The average Bonchev–Trinajstić information content (AvgIpc) is 3.29. The molecule has 2 heterocycles. The fourth-order valence-electron chi connectivity index (χ4n) is 4.35. The molecule has 0 bridgehead atoms. The van der Waals surface area contributed by atoms with Crippen molar-refractivity contribution in [3.63, 3.8) is 0 Å². The van der Waals surface area contributed by atoms with Crippen LogP contribution in [0.15, 0.2) is 102 Å². The molecule has 33 heavy (non-hydrogen) atoms. The molecule has 4 nitrogen and oxygen atoms in total. The third kappa shape index (κ3) is 3.24. The Morgan fingerprint density at radius 1 is 0.697 bits per heavy atom. The van der Waals surface area contributed by atoms with Gasteiger partial charge in [-0.05, 0) is 53.9 Å². The van der Waals surface area contributed by atoms with Crippen molar-refractivity contribution < 1.29 is 9.52 Å². The maximum Gasteiger partial charge on any atom is 0.231 e. The molecule has 2 aromatic heterocycles. The van der Waals surface area contributed by atoms with Gasteiger partial charge in [0.1, 0.15) is 11.3 Å². The number of phenolic OH excluding ortho intramolecular Hbond substituents is 1. The van der Waals surface area contributed by atoms with Crippen LogP contribution in [0, 0.1) is 6.92 Å². The highest BCUT2D eigenvalue weighted by molar-refractivity contribution is 5.97. The summed E-state index contributed by atoms with van der Waals surface area (Å²) in [5.41, 5.74) is 8.43. The van der Waals surface area contributed by atoms with E-state index < -0.39 is 0 Å². The Kier molecular flexibility index (Phi) is 4.44. The van der Waals surface area contributed by atoms with Gasteiger partial charge in [-0.25, -0.2) is 4.98 Å². The van der Waals surface area contributed by atoms with E-state index in [1.807, 2.05) is 36.5 Å². The molecule has 0 amide bonds. The molecule has 0 aliphatic carbocycles. The lowest BCUT2D eigenvalue weighted by atomic mass is 9.95. The predicted octanol–water partition coefficient (Wildman–Crippen LogP) is 7.39. The van der Waals surface area contributed by atoms with Crippen molar-refractivity contribution in [1.82, 2.24) is 9.97 Å². The largest absolute Gasteiger partial charge is 0.507 e. The Labute approximate surface area is 190 Å². The van der Waals surface area contributed by atoms with Crippen molar-refractivity contribution >= 4 is 22.0 Å². The Morgan fingerprint density at radius 2 is 1.45 bits per heavy atom. The molecule has 0 aliphatic rings. The van der Waals surface area contributed by atoms with Crippen molar-refractivity contribution in [2.75, 3.05) is 0 Å². The van der Waals surface area contributed by atoms with E-state index in [0.29, 0.717) is 17.0 Å². The number of para-hydroxylation sites is 2. The number of phenols is 1. The van der Waals surface area contributed by atoms with E-state index in [1.165, 1.54) is 5.56 Å². The van der Waals surface area contributed by atoms with Crippen LogP contribution in [0.4, 0.5) is 0 Å². The van der Waals surface area contributed by atoms with Gasteiger partial charge in [-0.2, -0.15) is 0 Å². The summed E-state index contributed by atoms with van der Waals surface area (Å²) in [4.78, 5) is 9.41. The maximum atomic E-state index is 10.2. The van der Waals surface area contributed by atoms with Gasteiger partial charge in [0.25, 0.3) is 0 Å². The summed E-state index contributed by atoms with van der Waals surface area (Å²) in [6.45, 7) is 2.11. The number of rotatable bonds is 3. The zero-order valence-electron chi connectivity index (χ0n) is 18.0. The number of aryl methyl sites for hydroxylation is 1. The van der Waals surface area contributed by atoms with Gasteiger partial charge >= 0.3 is 0 Å². The minimum atomic E-state index is 0.145. The zero-order chi connectivity index (χ0) is 22.4. The van der Waals surface area contributed by atoms with Gasteiger partial charge in [-0.15, -0.1) is 0 Å². The molecular weight excluding hydrogens is 408 g/mol. The third-order valence-electron chi connectivity index (χ3n) is 6.03. The van der Waals surface area contributed by atoms with Crippen LogP contribution in [0.2, 0.25) is 0 Å². The first-order valence-corrected chi connectivity index (χ1v) is 10.8. The van der Waals surface area contributed by atoms with Gasteiger partial charge < -0.3 is 9.52 Å². The summed E-state index contributed by atoms with van der Waals surface area (Å²) in [6, 6.07) is 29.8. The average molecular weight is 428 g/mol. The van der Waals surface area contributed by atoms with Gasteiger partial charge in [0.05, 0.1) is 11.1 Å². The summed E-state index contributed by atoms with van der Waals surface area (Å²) in [6.07, 6.45) is 1.84. The molecule has 0 atom stereocenters.